The number of nitrogens with zero attached hydrogens (tertiary/aromatic N) is 1. The number of aromatic amines is 1. The second kappa shape index (κ2) is 8.13. The molecule has 4 rings (SSSR count). The van der Waals surface area contributed by atoms with E-state index in [0.29, 0.717) is 6.54 Å². The first-order valence-corrected chi connectivity index (χ1v) is 9.64. The summed E-state index contributed by atoms with van der Waals surface area (Å²) in [4.78, 5) is 18.6. The SMILES string of the molecule is CN(CCc1c[nH]c2ccccc12)C(=O)C(c1ccccc1)c1ccccc1. The van der Waals surface area contributed by atoms with Gasteiger partial charge in [0.15, 0.2) is 0 Å². The maximum atomic E-state index is 13.4. The van der Waals surface area contributed by atoms with Crippen molar-refractivity contribution in [1.29, 1.82) is 0 Å². The van der Waals surface area contributed by atoms with Crippen LogP contribution in [-0.4, -0.2) is 29.4 Å². The molecule has 1 aromatic heterocycles. The van der Waals surface area contributed by atoms with Gasteiger partial charge < -0.3 is 9.88 Å². The molecule has 3 heteroatoms. The molecule has 28 heavy (non-hydrogen) atoms. The predicted octanol–water partition coefficient (Wildman–Crippen LogP) is 5.00. The van der Waals surface area contributed by atoms with Crippen LogP contribution in [0.1, 0.15) is 22.6 Å². The lowest BCUT2D eigenvalue weighted by Gasteiger charge is -2.24. The highest BCUT2D eigenvalue weighted by atomic mass is 16.2. The monoisotopic (exact) mass is 368 g/mol. The molecule has 3 aromatic carbocycles. The number of hydrogen-bond acceptors (Lipinski definition) is 1. The highest BCUT2D eigenvalue weighted by Crippen LogP contribution is 2.27. The topological polar surface area (TPSA) is 36.1 Å². The summed E-state index contributed by atoms with van der Waals surface area (Å²) in [6.45, 7) is 0.677. The standard InChI is InChI=1S/C25H24N2O/c1-27(17-16-21-18-26-23-15-9-8-14-22(21)23)25(28)24(19-10-4-2-5-11-19)20-12-6-3-7-13-20/h2-15,18,24,26H,16-17H2,1H3. The lowest BCUT2D eigenvalue weighted by molar-refractivity contribution is -0.130. The van der Waals surface area contributed by atoms with Crippen molar-refractivity contribution in [2.24, 2.45) is 0 Å². The van der Waals surface area contributed by atoms with Crippen molar-refractivity contribution in [3.8, 4) is 0 Å². The number of H-pyrrole nitrogens is 1. The Kier molecular flexibility index (Phi) is 5.24. The average Bonchev–Trinajstić information content (AvgIpc) is 3.17. The molecule has 0 unspecified atom stereocenters. The van der Waals surface area contributed by atoms with Crippen LogP contribution in [0.15, 0.2) is 91.1 Å². The molecule has 3 nitrogen and oxygen atoms in total. The third-order valence-corrected chi connectivity index (χ3v) is 5.28. The fourth-order valence-electron chi connectivity index (χ4n) is 3.73. The number of likely N-dealkylation sites (N-methyl/N-ethyl adjacent to an activating group) is 1. The molecular formula is C25H24N2O. The second-order valence-corrected chi connectivity index (χ2v) is 7.12. The number of hydrogen-bond donors (Lipinski definition) is 1. The summed E-state index contributed by atoms with van der Waals surface area (Å²) < 4.78 is 0. The van der Waals surface area contributed by atoms with Gasteiger partial charge in [0.2, 0.25) is 5.91 Å². The van der Waals surface area contributed by atoms with Crippen LogP contribution in [0.5, 0.6) is 0 Å². The van der Waals surface area contributed by atoms with Crippen LogP contribution in [-0.2, 0) is 11.2 Å². The highest BCUT2D eigenvalue weighted by Gasteiger charge is 2.25. The van der Waals surface area contributed by atoms with Gasteiger partial charge in [-0.25, -0.2) is 0 Å². The number of rotatable bonds is 6. The largest absolute Gasteiger partial charge is 0.361 e. The van der Waals surface area contributed by atoms with Gasteiger partial charge in [0.05, 0.1) is 5.92 Å². The molecule has 0 aliphatic carbocycles. The van der Waals surface area contributed by atoms with Crippen molar-refractivity contribution in [1.82, 2.24) is 9.88 Å². The van der Waals surface area contributed by atoms with E-state index in [1.807, 2.05) is 78.7 Å². The Morgan fingerprint density at radius 1 is 0.857 bits per heavy atom. The first-order valence-electron chi connectivity index (χ1n) is 9.64. The summed E-state index contributed by atoms with van der Waals surface area (Å²) in [5, 5.41) is 1.23. The first-order chi connectivity index (χ1) is 13.7. The van der Waals surface area contributed by atoms with Crippen molar-refractivity contribution in [3.05, 3.63) is 108 Å². The molecule has 4 aromatic rings. The van der Waals surface area contributed by atoms with Gasteiger partial charge in [-0.3, -0.25) is 4.79 Å². The van der Waals surface area contributed by atoms with Crippen LogP contribution >= 0.6 is 0 Å². The zero-order chi connectivity index (χ0) is 19.3. The maximum Gasteiger partial charge on any atom is 0.234 e. The number of benzene rings is 3. The smallest absolute Gasteiger partial charge is 0.234 e. The fourth-order valence-corrected chi connectivity index (χ4v) is 3.73. The summed E-state index contributed by atoms with van der Waals surface area (Å²) in [6.07, 6.45) is 2.87. The van der Waals surface area contributed by atoms with Gasteiger partial charge in [-0.05, 0) is 29.2 Å². The van der Waals surface area contributed by atoms with Crippen LogP contribution in [0.3, 0.4) is 0 Å². The number of amides is 1. The Labute approximate surface area is 165 Å². The Morgan fingerprint density at radius 3 is 2.07 bits per heavy atom. The van der Waals surface area contributed by atoms with E-state index in [0.717, 1.165) is 23.1 Å². The molecule has 0 fully saturated rings. The van der Waals surface area contributed by atoms with Gasteiger partial charge in [0, 0.05) is 30.7 Å². The third-order valence-electron chi connectivity index (χ3n) is 5.28. The van der Waals surface area contributed by atoms with Gasteiger partial charge in [0.1, 0.15) is 0 Å². The van der Waals surface area contributed by atoms with E-state index in [4.69, 9.17) is 0 Å². The molecule has 0 spiro atoms. The third kappa shape index (κ3) is 3.70. The van der Waals surface area contributed by atoms with Crippen molar-refractivity contribution < 1.29 is 4.79 Å². The number of nitrogens with one attached hydrogen (secondary N) is 1. The lowest BCUT2D eigenvalue weighted by Crippen LogP contribution is -2.33. The molecular weight excluding hydrogens is 344 g/mol. The number of carbonyl (C=O) groups is 1. The first kappa shape index (κ1) is 18.1. The zero-order valence-corrected chi connectivity index (χ0v) is 16.0. The molecule has 0 radical (unpaired) electrons. The van der Waals surface area contributed by atoms with Crippen molar-refractivity contribution in [2.45, 2.75) is 12.3 Å². The second-order valence-electron chi connectivity index (χ2n) is 7.12. The summed E-state index contributed by atoms with van der Waals surface area (Å²) >= 11 is 0. The van der Waals surface area contributed by atoms with Gasteiger partial charge in [0.25, 0.3) is 0 Å². The molecule has 1 heterocycles. The van der Waals surface area contributed by atoms with E-state index < -0.39 is 0 Å². The van der Waals surface area contributed by atoms with Crippen LogP contribution in [0.4, 0.5) is 0 Å². The van der Waals surface area contributed by atoms with Gasteiger partial charge in [-0.1, -0.05) is 78.9 Å². The van der Waals surface area contributed by atoms with Crippen molar-refractivity contribution >= 4 is 16.8 Å². The van der Waals surface area contributed by atoms with Gasteiger partial charge >= 0.3 is 0 Å². The van der Waals surface area contributed by atoms with Crippen LogP contribution in [0, 0.1) is 0 Å². The van der Waals surface area contributed by atoms with E-state index in [-0.39, 0.29) is 11.8 Å². The van der Waals surface area contributed by atoms with Crippen LogP contribution in [0.25, 0.3) is 10.9 Å². The Bertz CT molecular complexity index is 1010. The minimum absolute atomic E-state index is 0.122. The van der Waals surface area contributed by atoms with Crippen LogP contribution < -0.4 is 0 Å². The number of para-hydroxylation sites is 1. The predicted molar refractivity (Wildman–Crippen MR) is 114 cm³/mol. The number of carbonyl (C=O) groups excluding carboxylic acids is 1. The summed E-state index contributed by atoms with van der Waals surface area (Å²) in [5.74, 6) is -0.160. The summed E-state index contributed by atoms with van der Waals surface area (Å²) in [5.41, 5.74) is 4.43. The normalized spacial score (nSPS) is 11.1. The zero-order valence-electron chi connectivity index (χ0n) is 16.0. The lowest BCUT2D eigenvalue weighted by atomic mass is 9.90. The minimum atomic E-state index is -0.282. The summed E-state index contributed by atoms with van der Waals surface area (Å²) in [7, 11) is 1.90. The highest BCUT2D eigenvalue weighted by molar-refractivity contribution is 5.87. The molecule has 1 amide bonds. The Hall–Kier alpha value is -3.33. The van der Waals surface area contributed by atoms with Crippen molar-refractivity contribution in [2.75, 3.05) is 13.6 Å². The van der Waals surface area contributed by atoms with E-state index in [1.165, 1.54) is 10.9 Å². The Morgan fingerprint density at radius 2 is 1.43 bits per heavy atom. The van der Waals surface area contributed by atoms with Gasteiger partial charge in [-0.2, -0.15) is 0 Å². The van der Waals surface area contributed by atoms with E-state index >= 15 is 0 Å². The quantitative estimate of drug-likeness (QED) is 0.511. The molecule has 140 valence electrons. The minimum Gasteiger partial charge on any atom is -0.361 e. The number of fused-ring (bicyclic) bond motifs is 1. The fraction of sp³-hybridized carbons (Fsp3) is 0.160. The molecule has 0 saturated carbocycles. The molecule has 1 N–H and O–H groups in total. The molecule has 0 aliphatic heterocycles. The van der Waals surface area contributed by atoms with Gasteiger partial charge in [-0.15, -0.1) is 0 Å². The molecule has 0 saturated heterocycles. The van der Waals surface area contributed by atoms with E-state index in [1.54, 1.807) is 0 Å². The number of aromatic nitrogens is 1. The van der Waals surface area contributed by atoms with E-state index in [9.17, 15) is 4.79 Å². The average molecular weight is 368 g/mol. The molecule has 0 bridgehead atoms. The van der Waals surface area contributed by atoms with Crippen molar-refractivity contribution in [3.63, 3.8) is 0 Å². The molecule has 0 atom stereocenters. The molecule has 0 aliphatic rings. The van der Waals surface area contributed by atoms with E-state index in [2.05, 4.69) is 29.4 Å². The Balaban J connectivity index is 1.55. The van der Waals surface area contributed by atoms with Crippen LogP contribution in [0.2, 0.25) is 0 Å². The maximum absolute atomic E-state index is 13.4. The summed E-state index contributed by atoms with van der Waals surface area (Å²) in [6, 6.07) is 28.3.